The number of piperidine rings is 1. The third kappa shape index (κ3) is 3.76. The minimum Gasteiger partial charge on any atom is -0.337 e. The molecule has 1 fully saturated rings. The van der Waals surface area contributed by atoms with E-state index in [-0.39, 0.29) is 29.1 Å². The lowest BCUT2D eigenvalue weighted by atomic mass is 9.92. The number of rotatable bonds is 3. The van der Waals surface area contributed by atoms with Gasteiger partial charge in [0, 0.05) is 25.2 Å². The van der Waals surface area contributed by atoms with Gasteiger partial charge in [-0.25, -0.2) is 4.39 Å². The minimum atomic E-state index is -0.403. The Morgan fingerprint density at radius 1 is 1.28 bits per heavy atom. The zero-order valence-corrected chi connectivity index (χ0v) is 14.1. The molecule has 7 heteroatoms. The van der Waals surface area contributed by atoms with Gasteiger partial charge < -0.3 is 10.6 Å². The number of hydrogen-bond donors (Lipinski definition) is 1. The van der Waals surface area contributed by atoms with Crippen molar-refractivity contribution in [3.63, 3.8) is 0 Å². The lowest BCUT2D eigenvalue weighted by molar-refractivity contribution is 0.0653. The molecule has 2 heterocycles. The molecule has 1 saturated heterocycles. The first kappa shape index (κ1) is 17.3. The molecule has 0 aliphatic carbocycles. The molecular weight excluding hydrogens is 323 g/mol. The summed E-state index contributed by atoms with van der Waals surface area (Å²) in [5.41, 5.74) is 6.19. The topological polar surface area (TPSA) is 81.2 Å². The Kier molecular flexibility index (Phi) is 4.94. The van der Waals surface area contributed by atoms with Crippen LogP contribution in [0.1, 0.15) is 30.3 Å². The van der Waals surface area contributed by atoms with E-state index in [1.54, 1.807) is 4.90 Å². The Bertz CT molecular complexity index is 817. The quantitative estimate of drug-likeness (QED) is 0.916. The predicted molar refractivity (Wildman–Crippen MR) is 92.1 cm³/mol. The normalized spacial score (nSPS) is 18.8. The Labute approximate surface area is 145 Å². The van der Waals surface area contributed by atoms with Crippen molar-refractivity contribution in [1.29, 1.82) is 0 Å². The second-order valence-electron chi connectivity index (χ2n) is 6.46. The molecule has 3 rings (SSSR count). The fourth-order valence-corrected chi connectivity index (χ4v) is 3.08. The fourth-order valence-electron chi connectivity index (χ4n) is 3.08. The summed E-state index contributed by atoms with van der Waals surface area (Å²) < 4.78 is 14.2. The molecule has 1 aliphatic rings. The SMILES string of the molecule is CC(N)C1CCCN(C(=O)c2ccc(=O)n(-c3ccc(F)cc3)n2)C1. The van der Waals surface area contributed by atoms with Crippen molar-refractivity contribution in [3.05, 3.63) is 58.3 Å². The molecular formula is C18H21FN4O2. The second-order valence-corrected chi connectivity index (χ2v) is 6.46. The van der Waals surface area contributed by atoms with Gasteiger partial charge in [-0.05, 0) is 56.0 Å². The smallest absolute Gasteiger partial charge is 0.274 e. The average Bonchev–Trinajstić information content (AvgIpc) is 2.62. The van der Waals surface area contributed by atoms with Gasteiger partial charge in [-0.15, -0.1) is 0 Å². The molecule has 2 atom stereocenters. The number of hydrogen-bond acceptors (Lipinski definition) is 4. The molecule has 1 amide bonds. The number of carbonyl (C=O) groups excluding carboxylic acids is 1. The van der Waals surface area contributed by atoms with E-state index in [0.717, 1.165) is 17.5 Å². The maximum absolute atomic E-state index is 13.1. The van der Waals surface area contributed by atoms with Crippen molar-refractivity contribution >= 4 is 5.91 Å². The molecule has 2 aromatic rings. The van der Waals surface area contributed by atoms with Crippen molar-refractivity contribution in [2.75, 3.05) is 13.1 Å². The van der Waals surface area contributed by atoms with Crippen LogP contribution in [0, 0.1) is 11.7 Å². The van der Waals surface area contributed by atoms with Crippen LogP contribution in [0.3, 0.4) is 0 Å². The van der Waals surface area contributed by atoms with Crippen LogP contribution in [-0.2, 0) is 0 Å². The maximum Gasteiger partial charge on any atom is 0.274 e. The number of halogens is 1. The average molecular weight is 344 g/mol. The monoisotopic (exact) mass is 344 g/mol. The molecule has 6 nitrogen and oxygen atoms in total. The summed E-state index contributed by atoms with van der Waals surface area (Å²) in [6, 6.07) is 8.15. The Morgan fingerprint density at radius 2 is 2.00 bits per heavy atom. The van der Waals surface area contributed by atoms with E-state index in [0.29, 0.717) is 18.8 Å². The van der Waals surface area contributed by atoms with Gasteiger partial charge in [0.2, 0.25) is 0 Å². The summed E-state index contributed by atoms with van der Waals surface area (Å²) in [5.74, 6) is -0.360. The van der Waals surface area contributed by atoms with Gasteiger partial charge >= 0.3 is 0 Å². The highest BCUT2D eigenvalue weighted by Gasteiger charge is 2.27. The summed E-state index contributed by atoms with van der Waals surface area (Å²) in [7, 11) is 0. The van der Waals surface area contributed by atoms with Crippen LogP contribution in [0.15, 0.2) is 41.2 Å². The molecule has 1 aliphatic heterocycles. The van der Waals surface area contributed by atoms with Crippen molar-refractivity contribution in [2.24, 2.45) is 11.7 Å². The van der Waals surface area contributed by atoms with Crippen molar-refractivity contribution in [2.45, 2.75) is 25.8 Å². The zero-order chi connectivity index (χ0) is 18.0. The lowest BCUT2D eigenvalue weighted by Crippen LogP contribution is -2.45. The first-order valence-corrected chi connectivity index (χ1v) is 8.37. The highest BCUT2D eigenvalue weighted by Crippen LogP contribution is 2.20. The molecule has 1 aromatic heterocycles. The standard InChI is InChI=1S/C18H21FN4O2/c1-12(20)13-3-2-10-22(11-13)18(25)16-8-9-17(24)23(21-16)15-6-4-14(19)5-7-15/h4-9,12-13H,2-3,10-11,20H2,1H3. The van der Waals surface area contributed by atoms with Crippen molar-refractivity contribution in [3.8, 4) is 5.69 Å². The molecule has 0 saturated carbocycles. The fraction of sp³-hybridized carbons (Fsp3) is 0.389. The van der Waals surface area contributed by atoms with E-state index < -0.39 is 5.82 Å². The van der Waals surface area contributed by atoms with Gasteiger partial charge in [-0.2, -0.15) is 9.78 Å². The summed E-state index contributed by atoms with van der Waals surface area (Å²) in [5, 5.41) is 4.18. The predicted octanol–water partition coefficient (Wildman–Crippen LogP) is 1.57. The minimum absolute atomic E-state index is 0.0247. The van der Waals surface area contributed by atoms with E-state index in [1.165, 1.54) is 36.4 Å². The van der Waals surface area contributed by atoms with E-state index >= 15 is 0 Å². The summed E-state index contributed by atoms with van der Waals surface area (Å²) in [4.78, 5) is 26.6. The summed E-state index contributed by atoms with van der Waals surface area (Å²) in [6.45, 7) is 3.19. The molecule has 2 unspecified atom stereocenters. The van der Waals surface area contributed by atoms with Gasteiger partial charge in [0.05, 0.1) is 5.69 Å². The van der Waals surface area contributed by atoms with Crippen LogP contribution in [0.2, 0.25) is 0 Å². The van der Waals surface area contributed by atoms with Gasteiger partial charge in [0.25, 0.3) is 11.5 Å². The zero-order valence-electron chi connectivity index (χ0n) is 14.1. The number of carbonyl (C=O) groups is 1. The van der Waals surface area contributed by atoms with Crippen LogP contribution in [0.5, 0.6) is 0 Å². The first-order chi connectivity index (χ1) is 12.0. The van der Waals surface area contributed by atoms with Crippen LogP contribution >= 0.6 is 0 Å². The van der Waals surface area contributed by atoms with Crippen LogP contribution < -0.4 is 11.3 Å². The molecule has 0 spiro atoms. The summed E-state index contributed by atoms with van der Waals surface area (Å²) in [6.07, 6.45) is 1.90. The molecule has 25 heavy (non-hydrogen) atoms. The van der Waals surface area contributed by atoms with Crippen LogP contribution in [-0.4, -0.2) is 39.7 Å². The van der Waals surface area contributed by atoms with Gasteiger partial charge in [0.1, 0.15) is 11.5 Å². The Balaban J connectivity index is 1.87. The number of benzene rings is 1. The molecule has 1 aromatic carbocycles. The first-order valence-electron chi connectivity index (χ1n) is 8.37. The van der Waals surface area contributed by atoms with Crippen molar-refractivity contribution in [1.82, 2.24) is 14.7 Å². The Morgan fingerprint density at radius 3 is 2.68 bits per heavy atom. The highest BCUT2D eigenvalue weighted by molar-refractivity contribution is 5.92. The van der Waals surface area contributed by atoms with E-state index in [2.05, 4.69) is 5.10 Å². The molecule has 0 radical (unpaired) electrons. The van der Waals surface area contributed by atoms with Gasteiger partial charge in [0.15, 0.2) is 0 Å². The summed E-state index contributed by atoms with van der Waals surface area (Å²) >= 11 is 0. The van der Waals surface area contributed by atoms with Crippen LogP contribution in [0.25, 0.3) is 5.69 Å². The molecule has 2 N–H and O–H groups in total. The third-order valence-electron chi connectivity index (χ3n) is 4.58. The van der Waals surface area contributed by atoms with E-state index in [4.69, 9.17) is 5.73 Å². The van der Waals surface area contributed by atoms with Gasteiger partial charge in [-0.1, -0.05) is 0 Å². The van der Waals surface area contributed by atoms with Crippen molar-refractivity contribution < 1.29 is 9.18 Å². The number of nitrogens with two attached hydrogens (primary N) is 1. The largest absolute Gasteiger partial charge is 0.337 e. The number of aromatic nitrogens is 2. The van der Waals surface area contributed by atoms with E-state index in [9.17, 15) is 14.0 Å². The maximum atomic E-state index is 13.1. The number of nitrogens with zero attached hydrogens (tertiary/aromatic N) is 3. The third-order valence-corrected chi connectivity index (χ3v) is 4.58. The number of likely N-dealkylation sites (tertiary alicyclic amines) is 1. The highest BCUT2D eigenvalue weighted by atomic mass is 19.1. The van der Waals surface area contributed by atoms with E-state index in [1.807, 2.05) is 6.92 Å². The molecule has 132 valence electrons. The number of amides is 1. The lowest BCUT2D eigenvalue weighted by Gasteiger charge is -2.34. The molecule has 0 bridgehead atoms. The van der Waals surface area contributed by atoms with Gasteiger partial charge in [-0.3, -0.25) is 9.59 Å². The Hall–Kier alpha value is -2.54. The second kappa shape index (κ2) is 7.14. The van der Waals surface area contributed by atoms with Crippen LogP contribution in [0.4, 0.5) is 4.39 Å².